The summed E-state index contributed by atoms with van der Waals surface area (Å²) in [4.78, 5) is 65.5. The number of phosphoric ester groups is 1. The molecule has 1 unspecified atom stereocenters. The molecule has 7 heterocycles. The van der Waals surface area contributed by atoms with E-state index in [2.05, 4.69) is 24.9 Å². The maximum absolute atomic E-state index is 13.4. The number of nitrogens with zero attached hydrogens (tertiary/aromatic N) is 7. The first kappa shape index (κ1) is 38.8. The first-order valence-electron chi connectivity index (χ1n) is 16.6. The minimum Gasteiger partial charge on any atom is -0.394 e. The van der Waals surface area contributed by atoms with Crippen LogP contribution >= 0.6 is 7.82 Å². The van der Waals surface area contributed by atoms with E-state index in [4.69, 9.17) is 39.5 Å². The Morgan fingerprint density at radius 3 is 2.45 bits per heavy atom. The van der Waals surface area contributed by atoms with Crippen LogP contribution in [-0.2, 0) is 32.6 Å². The summed E-state index contributed by atoms with van der Waals surface area (Å²) in [6.45, 7) is -0.315. The van der Waals surface area contributed by atoms with Crippen molar-refractivity contribution in [2.24, 2.45) is 0 Å². The number of aliphatic hydroxyl groups excluding tert-OH is 4. The number of H-pyrrole nitrogens is 1. The van der Waals surface area contributed by atoms with Gasteiger partial charge in [0.05, 0.1) is 32.3 Å². The van der Waals surface area contributed by atoms with Gasteiger partial charge in [-0.15, -0.1) is 0 Å². The number of phosphoric acid groups is 1. The first-order valence-corrected chi connectivity index (χ1v) is 18.1. The highest BCUT2D eigenvalue weighted by Gasteiger charge is 2.51. The van der Waals surface area contributed by atoms with Gasteiger partial charge >= 0.3 is 19.2 Å². The number of ether oxygens (including phenoxy) is 4. The monoisotopic (exact) mass is 796 g/mol. The number of nitrogens with two attached hydrogens (primary N) is 2. The van der Waals surface area contributed by atoms with Crippen molar-refractivity contribution in [2.45, 2.75) is 80.9 Å². The van der Waals surface area contributed by atoms with E-state index in [1.165, 1.54) is 36.3 Å². The smallest absolute Gasteiger partial charge is 0.394 e. The summed E-state index contributed by atoms with van der Waals surface area (Å²) < 4.78 is 50.8. The van der Waals surface area contributed by atoms with Crippen molar-refractivity contribution < 1.29 is 57.9 Å². The number of nitrogens with one attached hydrogen (secondary N) is 1. The molecule has 0 amide bonds. The van der Waals surface area contributed by atoms with Gasteiger partial charge in [0.15, 0.2) is 23.9 Å². The third-order valence-corrected chi connectivity index (χ3v) is 10.4. The summed E-state index contributed by atoms with van der Waals surface area (Å²) in [6, 6.07) is 1.26. The van der Waals surface area contributed by atoms with E-state index in [1.807, 2.05) is 0 Å². The molecule has 0 bridgehead atoms. The Balaban J connectivity index is 1.08. The summed E-state index contributed by atoms with van der Waals surface area (Å²) in [5, 5.41) is 42.7. The van der Waals surface area contributed by atoms with Crippen molar-refractivity contribution >= 4 is 30.6 Å². The fourth-order valence-corrected chi connectivity index (χ4v) is 7.53. The van der Waals surface area contributed by atoms with E-state index in [-0.39, 0.29) is 34.8 Å². The maximum atomic E-state index is 13.4. The number of aryl methyl sites for hydroxylation is 1. The van der Waals surface area contributed by atoms with E-state index in [1.54, 1.807) is 0 Å². The second kappa shape index (κ2) is 15.2. The number of aliphatic hydroxyl groups is 4. The van der Waals surface area contributed by atoms with Crippen LogP contribution in [0.25, 0.3) is 11.2 Å². The van der Waals surface area contributed by atoms with Crippen LogP contribution in [0.15, 0.2) is 45.5 Å². The molecular weight excluding hydrogens is 759 g/mol. The van der Waals surface area contributed by atoms with Gasteiger partial charge in [0, 0.05) is 24.4 Å². The van der Waals surface area contributed by atoms with Gasteiger partial charge in [0.1, 0.15) is 66.6 Å². The number of rotatable bonds is 12. The average Bonchev–Trinajstić information content (AvgIpc) is 3.90. The number of fused-ring (bicyclic) bond motifs is 1. The third kappa shape index (κ3) is 7.57. The fraction of sp³-hybridized carbons (Fsp3) is 0.552. The van der Waals surface area contributed by atoms with E-state index in [0.29, 0.717) is 0 Å². The molecule has 7 rings (SSSR count). The molecule has 26 heteroatoms. The van der Waals surface area contributed by atoms with Crippen LogP contribution < -0.4 is 28.4 Å². The highest BCUT2D eigenvalue weighted by Crippen LogP contribution is 2.49. The van der Waals surface area contributed by atoms with Crippen molar-refractivity contribution in [3.8, 4) is 0 Å². The van der Waals surface area contributed by atoms with Gasteiger partial charge in [0.25, 0.3) is 5.56 Å². The van der Waals surface area contributed by atoms with Crippen LogP contribution in [0.1, 0.15) is 30.7 Å². The Morgan fingerprint density at radius 2 is 1.71 bits per heavy atom. The van der Waals surface area contributed by atoms with Crippen molar-refractivity contribution in [2.75, 3.05) is 31.3 Å². The lowest BCUT2D eigenvalue weighted by molar-refractivity contribution is -0.102. The maximum Gasteiger partial charge on any atom is 0.472 e. The summed E-state index contributed by atoms with van der Waals surface area (Å²) in [7, 11) is -5.18. The molecule has 12 atom stereocenters. The molecule has 0 radical (unpaired) electrons. The zero-order valence-electron chi connectivity index (χ0n) is 28.6. The third-order valence-electron chi connectivity index (χ3n) is 9.38. The van der Waals surface area contributed by atoms with E-state index in [9.17, 15) is 44.3 Å². The molecule has 0 aliphatic carbocycles. The van der Waals surface area contributed by atoms with Crippen molar-refractivity contribution in [1.29, 1.82) is 0 Å². The van der Waals surface area contributed by atoms with Gasteiger partial charge in [-0.1, -0.05) is 0 Å². The largest absolute Gasteiger partial charge is 0.472 e. The highest BCUT2D eigenvalue weighted by atomic mass is 31.2. The average molecular weight is 797 g/mol. The van der Waals surface area contributed by atoms with Gasteiger partial charge in [-0.25, -0.2) is 29.1 Å². The lowest BCUT2D eigenvalue weighted by atomic mass is 10.1. The Bertz CT molecular complexity index is 2270. The Labute approximate surface area is 307 Å². The van der Waals surface area contributed by atoms with Crippen LogP contribution in [0.3, 0.4) is 0 Å². The lowest BCUT2D eigenvalue weighted by Crippen LogP contribution is -2.38. The van der Waals surface area contributed by atoms with Gasteiger partial charge in [-0.3, -0.25) is 32.5 Å². The van der Waals surface area contributed by atoms with Crippen molar-refractivity contribution in [3.05, 3.63) is 68.0 Å². The van der Waals surface area contributed by atoms with Crippen molar-refractivity contribution in [3.63, 3.8) is 0 Å². The Kier molecular flexibility index (Phi) is 10.7. The Hall–Kier alpha value is -4.50. The summed E-state index contributed by atoms with van der Waals surface area (Å²) in [5.74, 6) is -0.0667. The number of hydrogen-bond donors (Lipinski definition) is 8. The molecule has 3 fully saturated rings. The molecule has 0 aromatic carbocycles. The molecule has 4 aromatic rings. The summed E-state index contributed by atoms with van der Waals surface area (Å²) in [6.07, 6.45) is -10.2. The number of nitrogen functional groups attached to an aromatic ring is 2. The summed E-state index contributed by atoms with van der Waals surface area (Å²) >= 11 is 0. The molecule has 10 N–H and O–H groups in total. The van der Waals surface area contributed by atoms with E-state index >= 15 is 0 Å². The molecule has 55 heavy (non-hydrogen) atoms. The minimum absolute atomic E-state index is 0.0138. The topological polar surface area (TPSA) is 359 Å². The lowest BCUT2D eigenvalue weighted by Gasteiger charge is -2.25. The van der Waals surface area contributed by atoms with E-state index in [0.717, 1.165) is 15.5 Å². The molecule has 3 saturated heterocycles. The fourth-order valence-electron chi connectivity index (χ4n) is 6.57. The van der Waals surface area contributed by atoms with Gasteiger partial charge < -0.3 is 55.7 Å². The second-order valence-corrected chi connectivity index (χ2v) is 14.4. The number of anilines is 2. The zero-order valence-corrected chi connectivity index (χ0v) is 29.5. The SMILES string of the molecule is Cc1cn([C@H]2C[C@H](OC[C@H]3O[C@@H](n4cnc5c(N)ncnc54)[C@H](O)[C@@H]3OP(=O)(O)OC[C@H]3O[C@@H](n4ccc(N)nc4=O)[C@H](O)[C@@H]3O)[C@@H](CO)O2)c(=O)[nH]c1=O. The molecule has 298 valence electrons. The van der Waals surface area contributed by atoms with Crippen LogP contribution in [0.4, 0.5) is 11.6 Å². The zero-order chi connectivity index (χ0) is 39.3. The highest BCUT2D eigenvalue weighted by molar-refractivity contribution is 7.47. The van der Waals surface area contributed by atoms with Gasteiger partial charge in [-0.2, -0.15) is 4.98 Å². The predicted octanol–water partition coefficient (Wildman–Crippen LogP) is -3.85. The standard InChI is InChI=1S/C29H37N10O15P/c1-11-5-38(29(46)36-25(11)44)17-4-12(13(6-40)51-17)49-7-15-22(21(43)27(53-15)39-10-34-18-23(31)32-9-33-24(18)39)54-55(47,48)50-8-14-19(41)20(42)26(52-14)37-3-2-16(30)35-28(37)45/h2-3,5,9-10,12-15,17,19-22,26-27,40-43H,4,6-8H2,1H3,(H,47,48)(H2,30,35,45)(H2,31,32,33)(H,36,44,46)/t12-,13+,14+,15+,17+,19+,20+,21+,22+,26+,27+/m0/s1. The quantitative estimate of drug-likeness (QED) is 0.0636. The normalized spacial score (nSPS) is 32.0. The Morgan fingerprint density at radius 1 is 0.964 bits per heavy atom. The van der Waals surface area contributed by atoms with Crippen molar-refractivity contribution in [1.82, 2.24) is 38.6 Å². The summed E-state index contributed by atoms with van der Waals surface area (Å²) in [5.41, 5.74) is 9.77. The minimum atomic E-state index is -5.18. The van der Waals surface area contributed by atoms with Crippen LogP contribution in [-0.4, -0.2) is 133 Å². The molecule has 4 aromatic heterocycles. The van der Waals surface area contributed by atoms with Gasteiger partial charge in [-0.05, 0) is 13.0 Å². The predicted molar refractivity (Wildman–Crippen MR) is 181 cm³/mol. The number of imidazole rings is 1. The molecule has 0 spiro atoms. The molecule has 0 saturated carbocycles. The van der Waals surface area contributed by atoms with Crippen LogP contribution in [0, 0.1) is 6.92 Å². The second-order valence-electron chi connectivity index (χ2n) is 13.0. The molecular formula is C29H37N10O15P. The molecule has 25 nitrogen and oxygen atoms in total. The molecule has 3 aliphatic rings. The van der Waals surface area contributed by atoms with Crippen LogP contribution in [0.5, 0.6) is 0 Å². The number of hydrogen-bond acceptors (Lipinski definition) is 20. The van der Waals surface area contributed by atoms with E-state index < -0.39 is 112 Å². The number of aromatic amines is 1. The number of aromatic nitrogens is 8. The van der Waals surface area contributed by atoms with Gasteiger partial charge in [0.2, 0.25) is 0 Å². The first-order chi connectivity index (χ1) is 26.1. The van der Waals surface area contributed by atoms with Crippen LogP contribution in [0.2, 0.25) is 0 Å². The molecule has 3 aliphatic heterocycles.